The lowest BCUT2D eigenvalue weighted by Crippen LogP contribution is -2.53. The quantitative estimate of drug-likeness (QED) is 0.393. The van der Waals surface area contributed by atoms with Gasteiger partial charge in [0, 0.05) is 22.2 Å². The number of carbonyl (C=O) groups excluding carboxylic acids is 2. The molecule has 0 radical (unpaired) electrons. The molecule has 3 aromatic rings. The fourth-order valence-electron chi connectivity index (χ4n) is 4.48. The van der Waals surface area contributed by atoms with E-state index in [1.165, 1.54) is 18.2 Å². The highest BCUT2D eigenvalue weighted by Crippen LogP contribution is 2.52. The van der Waals surface area contributed by atoms with Crippen LogP contribution in [0.3, 0.4) is 0 Å². The monoisotopic (exact) mass is 506 g/mol. The van der Waals surface area contributed by atoms with Crippen molar-refractivity contribution in [3.8, 4) is 0 Å². The molecule has 1 spiro atoms. The van der Waals surface area contributed by atoms with Gasteiger partial charge in [0.2, 0.25) is 11.8 Å². The molecule has 2 amide bonds. The number of amides is 2. The highest BCUT2D eigenvalue weighted by molar-refractivity contribution is 6.31. The third kappa shape index (κ3) is 4.50. The molecule has 2 N–H and O–H groups in total. The molecule has 0 unspecified atom stereocenters. The van der Waals surface area contributed by atoms with Crippen LogP contribution >= 0.6 is 23.2 Å². The summed E-state index contributed by atoms with van der Waals surface area (Å²) in [7, 11) is 0. The molecule has 0 aliphatic carbocycles. The topological polar surface area (TPSA) is 58.2 Å². The van der Waals surface area contributed by atoms with E-state index in [0.717, 1.165) is 11.1 Å². The molecule has 1 saturated heterocycles. The summed E-state index contributed by atoms with van der Waals surface area (Å²) in [6.45, 7) is 0. The van der Waals surface area contributed by atoms with Crippen LogP contribution in [-0.2, 0) is 21.2 Å². The SMILES string of the molecule is Clc1ccccc1.O=C1CC[C@]2(C(=O)Nc3cc(Cl)ccc32)[C@@H](c2ccccc2C(F)(F)F)N1. The number of benzene rings is 3. The molecule has 1 fully saturated rings. The predicted octanol–water partition coefficient (Wildman–Crippen LogP) is 6.54. The molecule has 5 rings (SSSR count). The first-order valence-electron chi connectivity index (χ1n) is 10.4. The first-order chi connectivity index (χ1) is 16.1. The Morgan fingerprint density at radius 3 is 2.21 bits per heavy atom. The van der Waals surface area contributed by atoms with E-state index in [1.54, 1.807) is 18.2 Å². The van der Waals surface area contributed by atoms with Crippen molar-refractivity contribution in [3.05, 3.63) is 99.5 Å². The Morgan fingerprint density at radius 2 is 1.56 bits per heavy atom. The summed E-state index contributed by atoms with van der Waals surface area (Å²) in [6, 6.07) is 18.1. The number of nitrogens with one attached hydrogen (secondary N) is 2. The minimum atomic E-state index is -4.61. The fourth-order valence-corrected chi connectivity index (χ4v) is 4.79. The molecule has 2 heterocycles. The molecule has 4 nitrogen and oxygen atoms in total. The van der Waals surface area contributed by atoms with Crippen LogP contribution in [0.15, 0.2) is 72.8 Å². The van der Waals surface area contributed by atoms with Crippen LogP contribution in [0, 0.1) is 0 Å². The number of fused-ring (bicyclic) bond motifs is 2. The molecule has 0 aromatic heterocycles. The Morgan fingerprint density at radius 1 is 0.882 bits per heavy atom. The molecule has 2 atom stereocenters. The van der Waals surface area contributed by atoms with Gasteiger partial charge in [0.15, 0.2) is 0 Å². The lowest BCUT2D eigenvalue weighted by molar-refractivity contribution is -0.140. The Balaban J connectivity index is 0.000000336. The Bertz CT molecular complexity index is 1230. The standard InChI is InChI=1S/C19H14ClF3N2O2.C6H5Cl/c20-10-5-6-13-14(9-10)24-17(27)18(13)8-7-15(26)25-16(18)11-3-1-2-4-12(11)19(21,22)23;7-6-4-2-1-3-5-6/h1-6,9,16H,7-8H2,(H,24,27)(H,25,26);1-5H/t16-,18-;/m1./s1. The van der Waals surface area contributed by atoms with Crippen LogP contribution in [0.1, 0.15) is 35.6 Å². The predicted molar refractivity (Wildman–Crippen MR) is 125 cm³/mol. The molecule has 2 aliphatic rings. The minimum Gasteiger partial charge on any atom is -0.348 e. The minimum absolute atomic E-state index is 0.0418. The summed E-state index contributed by atoms with van der Waals surface area (Å²) in [4.78, 5) is 25.1. The molecule has 3 aromatic carbocycles. The van der Waals surface area contributed by atoms with Crippen molar-refractivity contribution in [2.24, 2.45) is 0 Å². The van der Waals surface area contributed by atoms with Gasteiger partial charge in [-0.1, -0.05) is 65.7 Å². The first kappa shape index (κ1) is 24.1. The van der Waals surface area contributed by atoms with E-state index in [0.29, 0.717) is 16.3 Å². The summed E-state index contributed by atoms with van der Waals surface area (Å²) in [5, 5.41) is 6.54. The van der Waals surface area contributed by atoms with Crippen molar-refractivity contribution in [3.63, 3.8) is 0 Å². The van der Waals surface area contributed by atoms with Crippen LogP contribution < -0.4 is 10.6 Å². The lowest BCUT2D eigenvalue weighted by atomic mass is 9.67. The maximum Gasteiger partial charge on any atom is 0.416 e. The van der Waals surface area contributed by atoms with Gasteiger partial charge in [0.05, 0.1) is 11.6 Å². The molecule has 9 heteroatoms. The van der Waals surface area contributed by atoms with Gasteiger partial charge in [-0.25, -0.2) is 0 Å². The smallest absolute Gasteiger partial charge is 0.348 e. The Labute approximate surface area is 204 Å². The normalized spacial score (nSPS) is 21.3. The second-order valence-electron chi connectivity index (χ2n) is 8.00. The number of rotatable bonds is 1. The van der Waals surface area contributed by atoms with Gasteiger partial charge in [-0.15, -0.1) is 0 Å². The van der Waals surface area contributed by atoms with E-state index < -0.39 is 35.0 Å². The number of alkyl halides is 3. The van der Waals surface area contributed by atoms with Crippen LogP contribution in [-0.4, -0.2) is 11.8 Å². The van der Waals surface area contributed by atoms with Gasteiger partial charge in [-0.2, -0.15) is 13.2 Å². The van der Waals surface area contributed by atoms with Gasteiger partial charge < -0.3 is 10.6 Å². The van der Waals surface area contributed by atoms with Crippen molar-refractivity contribution in [2.45, 2.75) is 30.5 Å². The maximum absolute atomic E-state index is 13.6. The summed E-state index contributed by atoms with van der Waals surface area (Å²) >= 11 is 11.5. The van der Waals surface area contributed by atoms with E-state index >= 15 is 0 Å². The van der Waals surface area contributed by atoms with Crippen molar-refractivity contribution in [2.75, 3.05) is 5.32 Å². The molecule has 0 saturated carbocycles. The van der Waals surface area contributed by atoms with Gasteiger partial charge >= 0.3 is 6.18 Å². The molecule has 176 valence electrons. The zero-order chi connectivity index (χ0) is 24.5. The van der Waals surface area contributed by atoms with Crippen LogP contribution in [0.25, 0.3) is 0 Å². The van der Waals surface area contributed by atoms with Gasteiger partial charge in [-0.3, -0.25) is 9.59 Å². The maximum atomic E-state index is 13.6. The second-order valence-corrected chi connectivity index (χ2v) is 8.87. The largest absolute Gasteiger partial charge is 0.416 e. The summed E-state index contributed by atoms with van der Waals surface area (Å²) in [5.41, 5.74) is -1.32. The number of carbonyl (C=O) groups is 2. The van der Waals surface area contributed by atoms with Crippen molar-refractivity contribution in [1.29, 1.82) is 0 Å². The van der Waals surface area contributed by atoms with E-state index in [2.05, 4.69) is 10.6 Å². The third-order valence-corrected chi connectivity index (χ3v) is 6.46. The number of anilines is 1. The zero-order valence-corrected chi connectivity index (χ0v) is 19.1. The molecular formula is C25H19Cl2F3N2O2. The van der Waals surface area contributed by atoms with Gasteiger partial charge in [0.25, 0.3) is 0 Å². The Kier molecular flexibility index (Phi) is 6.60. The molecular weight excluding hydrogens is 488 g/mol. The van der Waals surface area contributed by atoms with Gasteiger partial charge in [-0.05, 0) is 47.9 Å². The highest BCUT2D eigenvalue weighted by Gasteiger charge is 2.56. The van der Waals surface area contributed by atoms with E-state index in [4.69, 9.17) is 23.2 Å². The highest BCUT2D eigenvalue weighted by atomic mass is 35.5. The first-order valence-corrected chi connectivity index (χ1v) is 11.2. The Hall–Kier alpha value is -3.03. The van der Waals surface area contributed by atoms with E-state index in [-0.39, 0.29) is 18.4 Å². The van der Waals surface area contributed by atoms with Crippen molar-refractivity contribution in [1.82, 2.24) is 5.32 Å². The second kappa shape index (κ2) is 9.31. The number of piperidine rings is 1. The fraction of sp³-hybridized carbons (Fsp3) is 0.200. The lowest BCUT2D eigenvalue weighted by Gasteiger charge is -2.41. The average molecular weight is 507 g/mol. The summed E-state index contributed by atoms with van der Waals surface area (Å²) < 4.78 is 40.8. The molecule has 2 aliphatic heterocycles. The summed E-state index contributed by atoms with van der Waals surface area (Å²) in [5.74, 6) is -0.834. The number of hydrogen-bond acceptors (Lipinski definition) is 2. The summed E-state index contributed by atoms with van der Waals surface area (Å²) in [6.07, 6.45) is -4.46. The average Bonchev–Trinajstić information content (AvgIpc) is 3.06. The van der Waals surface area contributed by atoms with Gasteiger partial charge in [0.1, 0.15) is 5.41 Å². The van der Waals surface area contributed by atoms with E-state index in [9.17, 15) is 22.8 Å². The zero-order valence-electron chi connectivity index (χ0n) is 17.6. The number of halogens is 5. The third-order valence-electron chi connectivity index (χ3n) is 5.97. The number of hydrogen-bond donors (Lipinski definition) is 2. The van der Waals surface area contributed by atoms with Crippen molar-refractivity contribution >= 4 is 40.7 Å². The van der Waals surface area contributed by atoms with E-state index in [1.807, 2.05) is 30.3 Å². The van der Waals surface area contributed by atoms with Crippen LogP contribution in [0.5, 0.6) is 0 Å². The van der Waals surface area contributed by atoms with Crippen LogP contribution in [0.4, 0.5) is 18.9 Å². The van der Waals surface area contributed by atoms with Crippen LogP contribution in [0.2, 0.25) is 10.0 Å². The molecule has 0 bridgehead atoms. The molecule has 34 heavy (non-hydrogen) atoms. The van der Waals surface area contributed by atoms with Crippen molar-refractivity contribution < 1.29 is 22.8 Å².